The Bertz CT molecular complexity index is 938. The molecule has 0 fully saturated rings. The van der Waals surface area contributed by atoms with Gasteiger partial charge in [0.05, 0.1) is 10.7 Å². The van der Waals surface area contributed by atoms with Crippen LogP contribution in [-0.4, -0.2) is 11.8 Å². The topological polar surface area (TPSA) is 49.4 Å². The van der Waals surface area contributed by atoms with Crippen molar-refractivity contribution >= 4 is 58.0 Å². The zero-order chi connectivity index (χ0) is 18.3. The zero-order valence-electron chi connectivity index (χ0n) is 13.4. The van der Waals surface area contributed by atoms with E-state index in [4.69, 9.17) is 34.8 Å². The molecule has 3 rings (SSSR count). The number of halogens is 3. The maximum absolute atomic E-state index is 12.7. The van der Waals surface area contributed by atoms with E-state index in [1.54, 1.807) is 6.07 Å². The predicted molar refractivity (Wildman–Crippen MR) is 101 cm³/mol. The smallest absolute Gasteiger partial charge is 0.283 e. The van der Waals surface area contributed by atoms with Crippen molar-refractivity contribution in [2.45, 2.75) is 13.8 Å². The van der Waals surface area contributed by atoms with Crippen molar-refractivity contribution in [2.75, 3.05) is 10.2 Å². The van der Waals surface area contributed by atoms with E-state index in [9.17, 15) is 9.59 Å². The van der Waals surface area contributed by atoms with Crippen LogP contribution < -0.4 is 10.2 Å². The van der Waals surface area contributed by atoms with Crippen LogP contribution in [0, 0.1) is 13.8 Å². The Morgan fingerprint density at radius 1 is 0.880 bits per heavy atom. The minimum atomic E-state index is -0.651. The Kier molecular flexibility index (Phi) is 4.78. The fourth-order valence-corrected chi connectivity index (χ4v) is 3.03. The lowest BCUT2D eigenvalue weighted by molar-refractivity contribution is -0.120. The summed E-state index contributed by atoms with van der Waals surface area (Å²) in [5, 5.41) is 3.32. The Hall–Kier alpha value is -2.01. The van der Waals surface area contributed by atoms with E-state index in [1.807, 2.05) is 32.0 Å². The summed E-state index contributed by atoms with van der Waals surface area (Å²) in [5.41, 5.74) is 3.03. The highest BCUT2D eigenvalue weighted by atomic mass is 35.5. The molecule has 0 spiro atoms. The number of nitrogens with one attached hydrogen (secondary N) is 1. The van der Waals surface area contributed by atoms with Gasteiger partial charge in [-0.1, -0.05) is 40.9 Å². The van der Waals surface area contributed by atoms with Gasteiger partial charge in [-0.25, -0.2) is 4.90 Å². The first kappa shape index (κ1) is 17.8. The SMILES string of the molecule is Cc1ccc(NC2=C(Cl)C(=O)N(c3cc(Cl)ccc3Cl)C2=O)cc1C. The average molecular weight is 396 g/mol. The van der Waals surface area contributed by atoms with E-state index in [2.05, 4.69) is 5.32 Å². The lowest BCUT2D eigenvalue weighted by atomic mass is 10.1. The zero-order valence-corrected chi connectivity index (χ0v) is 15.6. The lowest BCUT2D eigenvalue weighted by Gasteiger charge is -2.17. The van der Waals surface area contributed by atoms with Gasteiger partial charge in [0.1, 0.15) is 10.7 Å². The second-order valence-corrected chi connectivity index (χ2v) is 6.88. The summed E-state index contributed by atoms with van der Waals surface area (Å²) >= 11 is 18.2. The molecule has 7 heteroatoms. The van der Waals surface area contributed by atoms with Crippen molar-refractivity contribution in [1.29, 1.82) is 0 Å². The number of amides is 2. The maximum atomic E-state index is 12.7. The molecular formula is C18H13Cl3N2O2. The largest absolute Gasteiger partial charge is 0.350 e. The van der Waals surface area contributed by atoms with Crippen molar-refractivity contribution < 1.29 is 9.59 Å². The summed E-state index contributed by atoms with van der Waals surface area (Å²) in [5.74, 6) is -1.24. The summed E-state index contributed by atoms with van der Waals surface area (Å²) in [6.45, 7) is 3.94. The third-order valence-electron chi connectivity index (χ3n) is 3.95. The molecule has 128 valence electrons. The molecule has 2 aromatic carbocycles. The first-order valence-electron chi connectivity index (χ1n) is 7.37. The van der Waals surface area contributed by atoms with Gasteiger partial charge in [0.15, 0.2) is 0 Å². The van der Waals surface area contributed by atoms with E-state index in [0.29, 0.717) is 10.7 Å². The van der Waals surface area contributed by atoms with Crippen LogP contribution in [0.3, 0.4) is 0 Å². The molecule has 0 unspecified atom stereocenters. The third-order valence-corrected chi connectivity index (χ3v) is 4.86. The highest BCUT2D eigenvalue weighted by Gasteiger charge is 2.39. The molecule has 2 amide bonds. The van der Waals surface area contributed by atoms with E-state index in [1.165, 1.54) is 12.1 Å². The van der Waals surface area contributed by atoms with Crippen LogP contribution in [0.15, 0.2) is 47.1 Å². The Labute approximate surface area is 160 Å². The fraction of sp³-hybridized carbons (Fsp3) is 0.111. The number of carbonyl (C=O) groups is 2. The number of hydrogen-bond donors (Lipinski definition) is 1. The second-order valence-electron chi connectivity index (χ2n) is 5.65. The molecule has 0 aromatic heterocycles. The molecular weight excluding hydrogens is 383 g/mol. The van der Waals surface area contributed by atoms with E-state index in [0.717, 1.165) is 16.0 Å². The molecule has 25 heavy (non-hydrogen) atoms. The number of benzene rings is 2. The predicted octanol–water partition coefficient (Wildman–Crippen LogP) is 5.05. The minimum absolute atomic E-state index is 0.00552. The second kappa shape index (κ2) is 6.71. The van der Waals surface area contributed by atoms with E-state index >= 15 is 0 Å². The molecule has 1 N–H and O–H groups in total. The van der Waals surface area contributed by atoms with Crippen LogP contribution in [0.1, 0.15) is 11.1 Å². The van der Waals surface area contributed by atoms with Gasteiger partial charge >= 0.3 is 0 Å². The molecule has 1 heterocycles. The summed E-state index contributed by atoms with van der Waals surface area (Å²) in [6.07, 6.45) is 0. The van der Waals surface area contributed by atoms with Gasteiger partial charge in [-0.2, -0.15) is 0 Å². The van der Waals surface area contributed by atoms with Gasteiger partial charge in [0.2, 0.25) is 0 Å². The van der Waals surface area contributed by atoms with Crippen molar-refractivity contribution in [3.63, 3.8) is 0 Å². The van der Waals surface area contributed by atoms with Gasteiger partial charge in [0, 0.05) is 10.7 Å². The Balaban J connectivity index is 1.96. The first-order chi connectivity index (χ1) is 11.8. The van der Waals surface area contributed by atoms with Crippen molar-refractivity contribution in [2.24, 2.45) is 0 Å². The average Bonchev–Trinajstić information content (AvgIpc) is 2.77. The first-order valence-corrected chi connectivity index (χ1v) is 8.51. The van der Waals surface area contributed by atoms with Crippen LogP contribution in [-0.2, 0) is 9.59 Å². The Morgan fingerprint density at radius 3 is 2.28 bits per heavy atom. The number of nitrogens with zero attached hydrogens (tertiary/aromatic N) is 1. The van der Waals surface area contributed by atoms with E-state index in [-0.39, 0.29) is 21.4 Å². The summed E-state index contributed by atoms with van der Waals surface area (Å²) in [7, 11) is 0. The quantitative estimate of drug-likeness (QED) is 0.740. The standard InChI is InChI=1S/C18H13Cl3N2O2/c1-9-3-5-12(7-10(9)2)22-16-15(21)17(24)23(18(16)25)14-8-11(19)4-6-13(14)20/h3-8,22H,1-2H3. The Morgan fingerprint density at radius 2 is 1.60 bits per heavy atom. The van der Waals surface area contributed by atoms with Crippen LogP contribution >= 0.6 is 34.8 Å². The van der Waals surface area contributed by atoms with Gasteiger partial charge in [-0.3, -0.25) is 9.59 Å². The number of carbonyl (C=O) groups excluding carboxylic acids is 2. The monoisotopic (exact) mass is 394 g/mol. The van der Waals surface area contributed by atoms with Crippen LogP contribution in [0.2, 0.25) is 10.0 Å². The number of imide groups is 1. The lowest BCUT2D eigenvalue weighted by Crippen LogP contribution is -2.32. The highest BCUT2D eigenvalue weighted by molar-refractivity contribution is 6.54. The minimum Gasteiger partial charge on any atom is -0.350 e. The number of anilines is 2. The molecule has 0 bridgehead atoms. The van der Waals surface area contributed by atoms with Gasteiger partial charge < -0.3 is 5.32 Å². The third kappa shape index (κ3) is 3.25. The maximum Gasteiger partial charge on any atom is 0.283 e. The molecule has 4 nitrogen and oxygen atoms in total. The van der Waals surface area contributed by atoms with Gasteiger partial charge in [-0.15, -0.1) is 0 Å². The van der Waals surface area contributed by atoms with Gasteiger partial charge in [-0.05, 0) is 55.3 Å². The molecule has 0 radical (unpaired) electrons. The molecule has 2 aromatic rings. The molecule has 0 saturated heterocycles. The molecule has 1 aliphatic rings. The van der Waals surface area contributed by atoms with E-state index < -0.39 is 11.8 Å². The summed E-state index contributed by atoms with van der Waals surface area (Å²) in [6, 6.07) is 10.1. The molecule has 0 saturated carbocycles. The summed E-state index contributed by atoms with van der Waals surface area (Å²) < 4.78 is 0. The number of hydrogen-bond acceptors (Lipinski definition) is 3. The van der Waals surface area contributed by atoms with Gasteiger partial charge in [0.25, 0.3) is 11.8 Å². The molecule has 0 atom stereocenters. The van der Waals surface area contributed by atoms with Crippen molar-refractivity contribution in [1.82, 2.24) is 0 Å². The summed E-state index contributed by atoms with van der Waals surface area (Å²) in [4.78, 5) is 26.1. The normalized spacial score (nSPS) is 14.5. The molecule has 0 aliphatic carbocycles. The van der Waals surface area contributed by atoms with Crippen LogP contribution in [0.25, 0.3) is 0 Å². The van der Waals surface area contributed by atoms with Crippen LogP contribution in [0.4, 0.5) is 11.4 Å². The van der Waals surface area contributed by atoms with Crippen molar-refractivity contribution in [3.05, 3.63) is 68.3 Å². The van der Waals surface area contributed by atoms with Crippen molar-refractivity contribution in [3.8, 4) is 0 Å². The number of aryl methyl sites for hydroxylation is 2. The van der Waals surface area contributed by atoms with Crippen LogP contribution in [0.5, 0.6) is 0 Å². The molecule has 1 aliphatic heterocycles. The highest BCUT2D eigenvalue weighted by Crippen LogP contribution is 2.35. The fourth-order valence-electron chi connectivity index (χ4n) is 2.45. The number of rotatable bonds is 3.